The Morgan fingerprint density at radius 3 is 2.53 bits per heavy atom. The summed E-state index contributed by atoms with van der Waals surface area (Å²) < 4.78 is 51.7. The van der Waals surface area contributed by atoms with E-state index in [2.05, 4.69) is 25.7 Å². The number of nitrogens with zero attached hydrogens (tertiary/aromatic N) is 1. The van der Waals surface area contributed by atoms with Crippen molar-refractivity contribution in [1.82, 2.24) is 4.98 Å². The van der Waals surface area contributed by atoms with Crippen molar-refractivity contribution in [3.63, 3.8) is 0 Å². The molecular formula is C7H5BrF4N2O. The molecule has 1 heterocycles. The minimum absolute atomic E-state index is 0.142. The predicted octanol–water partition coefficient (Wildman–Crippen LogP) is 2.34. The van der Waals surface area contributed by atoms with Gasteiger partial charge in [-0.2, -0.15) is 0 Å². The normalized spacial score (nSPS) is 11.6. The largest absolute Gasteiger partial charge is 0.573 e. The van der Waals surface area contributed by atoms with Crippen LogP contribution in [0.25, 0.3) is 0 Å². The lowest BCUT2D eigenvalue weighted by molar-refractivity contribution is -0.275. The SMILES string of the molecule is NCc1nc(Br)c(OC(F)(F)F)cc1F. The highest BCUT2D eigenvalue weighted by molar-refractivity contribution is 9.10. The molecule has 3 nitrogen and oxygen atoms in total. The Balaban J connectivity index is 3.05. The van der Waals surface area contributed by atoms with E-state index in [1.807, 2.05) is 0 Å². The number of alkyl halides is 3. The molecule has 0 amide bonds. The Hall–Kier alpha value is -0.890. The maximum absolute atomic E-state index is 13.0. The molecule has 0 unspecified atom stereocenters. The van der Waals surface area contributed by atoms with E-state index in [1.54, 1.807) is 0 Å². The Morgan fingerprint density at radius 2 is 2.07 bits per heavy atom. The van der Waals surface area contributed by atoms with Crippen molar-refractivity contribution in [1.29, 1.82) is 0 Å². The molecule has 84 valence electrons. The second kappa shape index (κ2) is 4.31. The monoisotopic (exact) mass is 288 g/mol. The van der Waals surface area contributed by atoms with Crippen molar-refractivity contribution in [3.05, 3.63) is 22.2 Å². The minimum Gasteiger partial charge on any atom is -0.403 e. The molecule has 0 spiro atoms. The molecule has 0 saturated carbocycles. The third-order valence-electron chi connectivity index (χ3n) is 1.39. The average Bonchev–Trinajstić information content (AvgIpc) is 2.08. The summed E-state index contributed by atoms with van der Waals surface area (Å²) in [5.41, 5.74) is 4.97. The van der Waals surface area contributed by atoms with Gasteiger partial charge in [-0.1, -0.05) is 0 Å². The molecule has 0 fully saturated rings. The Labute approximate surface area is 90.4 Å². The number of hydrogen-bond acceptors (Lipinski definition) is 3. The highest BCUT2D eigenvalue weighted by Crippen LogP contribution is 2.30. The summed E-state index contributed by atoms with van der Waals surface area (Å²) >= 11 is 2.72. The van der Waals surface area contributed by atoms with Crippen LogP contribution in [-0.4, -0.2) is 11.3 Å². The molecule has 1 aromatic rings. The zero-order chi connectivity index (χ0) is 11.6. The molecule has 15 heavy (non-hydrogen) atoms. The number of pyridine rings is 1. The lowest BCUT2D eigenvalue weighted by Crippen LogP contribution is -2.18. The van der Waals surface area contributed by atoms with Crippen LogP contribution in [0.1, 0.15) is 5.69 Å². The van der Waals surface area contributed by atoms with Gasteiger partial charge in [0.05, 0.1) is 5.69 Å². The molecule has 0 bridgehead atoms. The number of ether oxygens (including phenoxy) is 1. The molecule has 1 rings (SSSR count). The fraction of sp³-hybridized carbons (Fsp3) is 0.286. The molecule has 1 aromatic heterocycles. The summed E-state index contributed by atoms with van der Waals surface area (Å²) in [5.74, 6) is -1.68. The maximum atomic E-state index is 13.0. The van der Waals surface area contributed by atoms with Crippen molar-refractivity contribution >= 4 is 15.9 Å². The van der Waals surface area contributed by atoms with Crippen LogP contribution in [0, 0.1) is 5.82 Å². The van der Waals surface area contributed by atoms with Gasteiger partial charge in [-0.15, -0.1) is 13.2 Å². The van der Waals surface area contributed by atoms with Crippen LogP contribution in [0.3, 0.4) is 0 Å². The van der Waals surface area contributed by atoms with Gasteiger partial charge in [-0.05, 0) is 15.9 Å². The Bertz CT molecular complexity index is 369. The molecule has 0 aromatic carbocycles. The molecule has 0 radical (unpaired) electrons. The van der Waals surface area contributed by atoms with Gasteiger partial charge >= 0.3 is 6.36 Å². The molecule has 0 aliphatic heterocycles. The fourth-order valence-electron chi connectivity index (χ4n) is 0.824. The van der Waals surface area contributed by atoms with Gasteiger partial charge in [0, 0.05) is 12.6 Å². The molecule has 0 atom stereocenters. The van der Waals surface area contributed by atoms with Crippen LogP contribution in [-0.2, 0) is 6.54 Å². The summed E-state index contributed by atoms with van der Waals surface area (Å²) in [6.45, 7) is -0.212. The van der Waals surface area contributed by atoms with E-state index in [0.717, 1.165) is 0 Å². The first-order chi connectivity index (χ1) is 6.83. The molecule has 2 N–H and O–H groups in total. The first kappa shape index (κ1) is 12.2. The fourth-order valence-corrected chi connectivity index (χ4v) is 1.23. The smallest absolute Gasteiger partial charge is 0.403 e. The van der Waals surface area contributed by atoms with E-state index in [4.69, 9.17) is 5.73 Å². The predicted molar refractivity (Wildman–Crippen MR) is 46.5 cm³/mol. The molecule has 0 aliphatic carbocycles. The standard InChI is InChI=1S/C7H5BrF4N2O/c8-6-5(15-7(10,11)12)1-3(9)4(2-13)14-6/h1H,2,13H2. The summed E-state index contributed by atoms with van der Waals surface area (Å²) in [6, 6.07) is 0.576. The van der Waals surface area contributed by atoms with Crippen LogP contribution >= 0.6 is 15.9 Å². The van der Waals surface area contributed by atoms with Crippen molar-refractivity contribution in [2.24, 2.45) is 5.73 Å². The van der Waals surface area contributed by atoms with E-state index in [0.29, 0.717) is 6.07 Å². The van der Waals surface area contributed by atoms with Crippen LogP contribution < -0.4 is 10.5 Å². The lowest BCUT2D eigenvalue weighted by atomic mass is 10.3. The molecule has 0 saturated heterocycles. The van der Waals surface area contributed by atoms with Crippen LogP contribution in [0.4, 0.5) is 17.6 Å². The van der Waals surface area contributed by atoms with Gasteiger partial charge in [0.2, 0.25) is 0 Å². The lowest BCUT2D eigenvalue weighted by Gasteiger charge is -2.10. The van der Waals surface area contributed by atoms with Gasteiger partial charge in [-0.25, -0.2) is 9.37 Å². The highest BCUT2D eigenvalue weighted by atomic mass is 79.9. The van der Waals surface area contributed by atoms with Crippen molar-refractivity contribution < 1.29 is 22.3 Å². The number of nitrogens with two attached hydrogens (primary N) is 1. The van der Waals surface area contributed by atoms with Gasteiger partial charge in [0.15, 0.2) is 5.75 Å². The zero-order valence-electron chi connectivity index (χ0n) is 7.11. The number of rotatable bonds is 2. The van der Waals surface area contributed by atoms with Crippen LogP contribution in [0.15, 0.2) is 10.7 Å². The van der Waals surface area contributed by atoms with E-state index >= 15 is 0 Å². The topological polar surface area (TPSA) is 48.1 Å². The Kier molecular flexibility index (Phi) is 3.50. The van der Waals surface area contributed by atoms with E-state index < -0.39 is 17.9 Å². The van der Waals surface area contributed by atoms with Crippen molar-refractivity contribution in [3.8, 4) is 5.75 Å². The van der Waals surface area contributed by atoms with Crippen LogP contribution in [0.5, 0.6) is 5.75 Å². The average molecular weight is 289 g/mol. The first-order valence-electron chi connectivity index (χ1n) is 3.64. The second-order valence-electron chi connectivity index (χ2n) is 2.46. The van der Waals surface area contributed by atoms with E-state index in [-0.39, 0.29) is 16.8 Å². The number of halogens is 5. The molecule has 8 heteroatoms. The van der Waals surface area contributed by atoms with E-state index in [9.17, 15) is 17.6 Å². The summed E-state index contributed by atoms with van der Waals surface area (Å²) in [4.78, 5) is 3.47. The molecule has 0 aliphatic rings. The molecular weight excluding hydrogens is 284 g/mol. The van der Waals surface area contributed by atoms with Crippen LogP contribution in [0.2, 0.25) is 0 Å². The van der Waals surface area contributed by atoms with Gasteiger partial charge in [0.25, 0.3) is 0 Å². The second-order valence-corrected chi connectivity index (χ2v) is 3.21. The quantitative estimate of drug-likeness (QED) is 0.671. The minimum atomic E-state index is -4.89. The van der Waals surface area contributed by atoms with E-state index in [1.165, 1.54) is 0 Å². The third kappa shape index (κ3) is 3.31. The zero-order valence-corrected chi connectivity index (χ0v) is 8.69. The van der Waals surface area contributed by atoms with Gasteiger partial charge in [-0.3, -0.25) is 0 Å². The highest BCUT2D eigenvalue weighted by Gasteiger charge is 2.32. The Morgan fingerprint density at radius 1 is 1.47 bits per heavy atom. The first-order valence-corrected chi connectivity index (χ1v) is 4.43. The maximum Gasteiger partial charge on any atom is 0.573 e. The third-order valence-corrected chi connectivity index (χ3v) is 1.96. The summed E-state index contributed by atoms with van der Waals surface area (Å²) in [7, 11) is 0. The summed E-state index contributed by atoms with van der Waals surface area (Å²) in [5, 5.41) is 0. The van der Waals surface area contributed by atoms with Gasteiger partial charge < -0.3 is 10.5 Å². The van der Waals surface area contributed by atoms with Crippen molar-refractivity contribution in [2.45, 2.75) is 12.9 Å². The summed E-state index contributed by atoms with van der Waals surface area (Å²) in [6.07, 6.45) is -4.89. The van der Waals surface area contributed by atoms with Gasteiger partial charge in [0.1, 0.15) is 10.4 Å². The van der Waals surface area contributed by atoms with Crippen molar-refractivity contribution in [2.75, 3.05) is 0 Å². The number of hydrogen-bond donors (Lipinski definition) is 1. The number of aromatic nitrogens is 1.